The number of Topliss-reactive ketones (excluding diaryl/α,β-unsaturated/α-hetero) is 1. The molecule has 0 aliphatic carbocycles. The van der Waals surface area contributed by atoms with Crippen molar-refractivity contribution in [2.75, 3.05) is 0 Å². The second-order valence-electron chi connectivity index (χ2n) is 5.17. The Morgan fingerprint density at radius 1 is 1.29 bits per heavy atom. The minimum absolute atomic E-state index is 0.0756. The normalized spacial score (nSPS) is 12.6. The molecule has 0 bridgehead atoms. The standard InChI is InChI=1S/C14H17BrN4OS/c1-9(2)8-19-14(16-17-18-19)21-10(3)13(20)11-4-6-12(15)7-5-11/h4-7,9-10H,8H2,1-3H3. The molecule has 0 saturated carbocycles. The van der Waals surface area contributed by atoms with Crippen molar-refractivity contribution < 1.29 is 4.79 Å². The van der Waals surface area contributed by atoms with E-state index in [1.165, 1.54) is 11.8 Å². The zero-order chi connectivity index (χ0) is 15.4. The SMILES string of the molecule is CC(C)Cn1nnnc1SC(C)C(=O)c1ccc(Br)cc1. The highest BCUT2D eigenvalue weighted by molar-refractivity contribution is 9.10. The highest BCUT2D eigenvalue weighted by Gasteiger charge is 2.20. The second kappa shape index (κ2) is 7.17. The predicted molar refractivity (Wildman–Crippen MR) is 86.4 cm³/mol. The molecule has 1 aromatic heterocycles. The predicted octanol–water partition coefficient (Wildman–Crippen LogP) is 3.46. The van der Waals surface area contributed by atoms with Gasteiger partial charge in [0.15, 0.2) is 5.78 Å². The Hall–Kier alpha value is -1.21. The monoisotopic (exact) mass is 368 g/mol. The first-order valence-corrected chi connectivity index (χ1v) is 8.37. The molecule has 21 heavy (non-hydrogen) atoms. The molecule has 0 radical (unpaired) electrons. The summed E-state index contributed by atoms with van der Waals surface area (Å²) in [6.45, 7) is 6.83. The van der Waals surface area contributed by atoms with Crippen molar-refractivity contribution in [3.63, 3.8) is 0 Å². The molecular formula is C14H17BrN4OS. The summed E-state index contributed by atoms with van der Waals surface area (Å²) in [5, 5.41) is 12.1. The van der Waals surface area contributed by atoms with Crippen LogP contribution in [0.25, 0.3) is 0 Å². The number of carbonyl (C=O) groups excluding carboxylic acids is 1. The summed E-state index contributed by atoms with van der Waals surface area (Å²) >= 11 is 4.76. The lowest BCUT2D eigenvalue weighted by Crippen LogP contribution is -2.15. The van der Waals surface area contributed by atoms with E-state index in [4.69, 9.17) is 0 Å². The summed E-state index contributed by atoms with van der Waals surface area (Å²) in [5.41, 5.74) is 0.695. The van der Waals surface area contributed by atoms with Crippen LogP contribution in [0.4, 0.5) is 0 Å². The lowest BCUT2D eigenvalue weighted by atomic mass is 10.1. The average molecular weight is 369 g/mol. The van der Waals surface area contributed by atoms with Crippen LogP contribution in [-0.4, -0.2) is 31.2 Å². The summed E-state index contributed by atoms with van der Waals surface area (Å²) in [5.74, 6) is 0.525. The Morgan fingerprint density at radius 2 is 1.95 bits per heavy atom. The van der Waals surface area contributed by atoms with E-state index in [0.717, 1.165) is 11.0 Å². The lowest BCUT2D eigenvalue weighted by molar-refractivity contribution is 0.0994. The first-order valence-electron chi connectivity index (χ1n) is 6.70. The fraction of sp³-hybridized carbons (Fsp3) is 0.429. The maximum Gasteiger partial charge on any atom is 0.210 e. The third kappa shape index (κ3) is 4.38. The highest BCUT2D eigenvalue weighted by Crippen LogP contribution is 2.24. The van der Waals surface area contributed by atoms with Gasteiger partial charge in [0.1, 0.15) is 0 Å². The van der Waals surface area contributed by atoms with Gasteiger partial charge in [-0.25, -0.2) is 4.68 Å². The van der Waals surface area contributed by atoms with Crippen LogP contribution in [0, 0.1) is 5.92 Å². The van der Waals surface area contributed by atoms with E-state index in [1.54, 1.807) is 4.68 Å². The van der Waals surface area contributed by atoms with Crippen LogP contribution < -0.4 is 0 Å². The van der Waals surface area contributed by atoms with Gasteiger partial charge in [-0.2, -0.15) is 0 Å². The summed E-state index contributed by atoms with van der Waals surface area (Å²) < 4.78 is 2.71. The van der Waals surface area contributed by atoms with Crippen LogP contribution in [0.5, 0.6) is 0 Å². The largest absolute Gasteiger partial charge is 0.293 e. The number of aromatic nitrogens is 4. The van der Waals surface area contributed by atoms with Gasteiger partial charge in [0.05, 0.1) is 5.25 Å². The van der Waals surface area contributed by atoms with Crippen molar-refractivity contribution in [1.29, 1.82) is 0 Å². The number of nitrogens with zero attached hydrogens (tertiary/aromatic N) is 4. The summed E-state index contributed by atoms with van der Waals surface area (Å²) in [7, 11) is 0. The molecule has 2 aromatic rings. The molecular weight excluding hydrogens is 352 g/mol. The minimum Gasteiger partial charge on any atom is -0.293 e. The first-order chi connectivity index (χ1) is 9.97. The van der Waals surface area contributed by atoms with Crippen molar-refractivity contribution in [2.24, 2.45) is 5.92 Å². The first kappa shape index (κ1) is 16.2. The fourth-order valence-corrected chi connectivity index (χ4v) is 2.94. The minimum atomic E-state index is -0.233. The zero-order valence-electron chi connectivity index (χ0n) is 12.2. The molecule has 112 valence electrons. The van der Waals surface area contributed by atoms with Crippen molar-refractivity contribution in [3.05, 3.63) is 34.3 Å². The van der Waals surface area contributed by atoms with Gasteiger partial charge in [-0.3, -0.25) is 4.79 Å². The molecule has 5 nitrogen and oxygen atoms in total. The molecule has 0 N–H and O–H groups in total. The molecule has 1 unspecified atom stereocenters. The summed E-state index contributed by atoms with van der Waals surface area (Å²) in [4.78, 5) is 12.4. The number of thioether (sulfide) groups is 1. The van der Waals surface area contributed by atoms with E-state index in [-0.39, 0.29) is 11.0 Å². The molecule has 0 saturated heterocycles. The molecule has 7 heteroatoms. The third-order valence-electron chi connectivity index (χ3n) is 2.82. The third-order valence-corrected chi connectivity index (χ3v) is 4.42. The van der Waals surface area contributed by atoms with Gasteiger partial charge >= 0.3 is 0 Å². The molecule has 1 atom stereocenters. The Labute approximate surface area is 136 Å². The van der Waals surface area contributed by atoms with Crippen LogP contribution in [0.15, 0.2) is 33.9 Å². The van der Waals surface area contributed by atoms with Gasteiger partial charge in [0.2, 0.25) is 5.16 Å². The Morgan fingerprint density at radius 3 is 2.57 bits per heavy atom. The smallest absolute Gasteiger partial charge is 0.210 e. The van der Waals surface area contributed by atoms with Gasteiger partial charge in [0.25, 0.3) is 0 Å². The quantitative estimate of drug-likeness (QED) is 0.577. The molecule has 0 amide bonds. The topological polar surface area (TPSA) is 60.7 Å². The van der Waals surface area contributed by atoms with Crippen LogP contribution in [0.3, 0.4) is 0 Å². The van der Waals surface area contributed by atoms with Crippen LogP contribution in [-0.2, 0) is 6.54 Å². The van der Waals surface area contributed by atoms with Crippen molar-refractivity contribution in [2.45, 2.75) is 37.7 Å². The molecule has 0 aliphatic rings. The number of hydrogen-bond acceptors (Lipinski definition) is 5. The van der Waals surface area contributed by atoms with E-state index in [9.17, 15) is 4.79 Å². The molecule has 1 heterocycles. The Balaban J connectivity index is 2.07. The number of tetrazole rings is 1. The maximum atomic E-state index is 12.4. The summed E-state index contributed by atoms with van der Waals surface area (Å²) in [6.07, 6.45) is 0. The average Bonchev–Trinajstić information content (AvgIpc) is 2.85. The van der Waals surface area contributed by atoms with Crippen molar-refractivity contribution in [1.82, 2.24) is 20.2 Å². The Bertz CT molecular complexity index is 612. The van der Waals surface area contributed by atoms with Gasteiger partial charge in [-0.15, -0.1) is 5.10 Å². The van der Waals surface area contributed by atoms with E-state index < -0.39 is 0 Å². The van der Waals surface area contributed by atoms with E-state index >= 15 is 0 Å². The molecule has 0 aliphatic heterocycles. The van der Waals surface area contributed by atoms with E-state index in [2.05, 4.69) is 45.3 Å². The number of halogens is 1. The van der Waals surface area contributed by atoms with Gasteiger partial charge in [0, 0.05) is 16.6 Å². The molecule has 0 fully saturated rings. The van der Waals surface area contributed by atoms with Gasteiger partial charge < -0.3 is 0 Å². The summed E-state index contributed by atoms with van der Waals surface area (Å²) in [6, 6.07) is 7.38. The fourth-order valence-electron chi connectivity index (χ4n) is 1.80. The van der Waals surface area contributed by atoms with Crippen molar-refractivity contribution in [3.8, 4) is 0 Å². The maximum absolute atomic E-state index is 12.4. The van der Waals surface area contributed by atoms with Gasteiger partial charge in [-0.1, -0.05) is 53.7 Å². The zero-order valence-corrected chi connectivity index (χ0v) is 14.6. The molecule has 2 rings (SSSR count). The number of rotatable bonds is 6. The van der Waals surface area contributed by atoms with Crippen molar-refractivity contribution >= 4 is 33.5 Å². The second-order valence-corrected chi connectivity index (χ2v) is 7.39. The molecule has 0 spiro atoms. The number of hydrogen-bond donors (Lipinski definition) is 0. The number of benzene rings is 1. The highest BCUT2D eigenvalue weighted by atomic mass is 79.9. The number of ketones is 1. The lowest BCUT2D eigenvalue weighted by Gasteiger charge is -2.11. The van der Waals surface area contributed by atoms with E-state index in [0.29, 0.717) is 16.6 Å². The van der Waals surface area contributed by atoms with Crippen LogP contribution in [0.1, 0.15) is 31.1 Å². The molecule has 1 aromatic carbocycles. The van der Waals surface area contributed by atoms with Crippen LogP contribution in [0.2, 0.25) is 0 Å². The van der Waals surface area contributed by atoms with Gasteiger partial charge in [-0.05, 0) is 35.4 Å². The number of carbonyl (C=O) groups is 1. The van der Waals surface area contributed by atoms with Crippen LogP contribution >= 0.6 is 27.7 Å². The Kier molecular flexibility index (Phi) is 5.52. The van der Waals surface area contributed by atoms with E-state index in [1.807, 2.05) is 31.2 Å².